The predicted octanol–water partition coefficient (Wildman–Crippen LogP) is 0.319. The van der Waals surface area contributed by atoms with E-state index in [1.165, 1.54) is 0 Å². The van der Waals surface area contributed by atoms with Crippen LogP contribution in [0.15, 0.2) is 0 Å². The van der Waals surface area contributed by atoms with Gasteiger partial charge in [-0.25, -0.2) is 0 Å². The van der Waals surface area contributed by atoms with E-state index in [4.69, 9.17) is 12.2 Å². The molecule has 0 bridgehead atoms. The van der Waals surface area contributed by atoms with Crippen LogP contribution in [0.3, 0.4) is 0 Å². The lowest BCUT2D eigenvalue weighted by molar-refractivity contribution is -0.119. The number of terminal acetylenes is 1. The van der Waals surface area contributed by atoms with E-state index in [-0.39, 0.29) is 12.2 Å². The summed E-state index contributed by atoms with van der Waals surface area (Å²) in [5.41, 5.74) is 5.41. The molecule has 0 spiro atoms. The zero-order valence-corrected chi connectivity index (χ0v) is 6.55. The average Bonchev–Trinajstić information content (AvgIpc) is 2.00. The average molecular weight is 149 g/mol. The molecule has 1 atom stereocenters. The second kappa shape index (κ2) is 5.53. The van der Waals surface area contributed by atoms with Gasteiger partial charge in [0.1, 0.15) is 0 Å². The molecule has 2 N–H and O–H groups in total. The maximum Gasteiger partial charge on any atom is 0.162 e. The van der Waals surface area contributed by atoms with Crippen LogP contribution in [0.2, 0.25) is 0 Å². The Kier molecular flexibility index (Phi) is 4.90. The van der Waals surface area contributed by atoms with Crippen molar-refractivity contribution in [2.45, 2.75) is 25.8 Å². The summed E-state index contributed by atoms with van der Waals surface area (Å²) < 4.78 is 0. The van der Waals surface area contributed by atoms with Crippen LogP contribution in [-0.2, 0) is 4.79 Å². The molecule has 0 heterocycles. The van der Waals surface area contributed by atoms with Crippen molar-refractivity contribution in [2.24, 2.45) is 5.73 Å². The highest BCUT2D eigenvalue weighted by Gasteiger charge is 2.09. The number of Topliss-reactive ketones (excluding diaryl/α,β-unsaturated/α-hetero) is 1. The van der Waals surface area contributed by atoms with Crippen molar-refractivity contribution >= 4 is 5.78 Å². The number of rotatable bonds is 3. The Morgan fingerprint density at radius 3 is 2.82 bits per heavy atom. The lowest BCUT2D eigenvalue weighted by atomic mass is 10.1. The molecule has 0 saturated carbocycles. The van der Waals surface area contributed by atoms with Crippen molar-refractivity contribution in [2.75, 3.05) is 0 Å². The molecular weight excluding hydrogens is 138 g/mol. The van der Waals surface area contributed by atoms with Gasteiger partial charge in [0.2, 0.25) is 0 Å². The van der Waals surface area contributed by atoms with E-state index in [1.54, 1.807) is 6.92 Å². The molecule has 0 amide bonds. The third-order valence-electron chi connectivity index (χ3n) is 1.19. The predicted molar refractivity (Wildman–Crippen MR) is 44.5 cm³/mol. The van der Waals surface area contributed by atoms with Crippen LogP contribution < -0.4 is 5.73 Å². The van der Waals surface area contributed by atoms with E-state index >= 15 is 0 Å². The molecule has 2 heteroatoms. The van der Waals surface area contributed by atoms with Crippen molar-refractivity contribution in [1.29, 1.82) is 0 Å². The van der Waals surface area contributed by atoms with Gasteiger partial charge in [0.15, 0.2) is 5.78 Å². The minimum atomic E-state index is -0.541. The standard InChI is InChI=1S/C9H11NO/c1-3-5-7-9(11)8(10)6-4-2/h2,8H,6-7,10H2,1H3. The summed E-state index contributed by atoms with van der Waals surface area (Å²) in [6.45, 7) is 1.68. The molecule has 58 valence electrons. The second-order valence-corrected chi connectivity index (χ2v) is 2.08. The molecule has 0 aliphatic heterocycles. The summed E-state index contributed by atoms with van der Waals surface area (Å²) in [7, 11) is 0. The summed E-state index contributed by atoms with van der Waals surface area (Å²) in [6, 6.07) is -0.541. The van der Waals surface area contributed by atoms with Gasteiger partial charge in [0.05, 0.1) is 12.5 Å². The normalized spacial score (nSPS) is 10.6. The topological polar surface area (TPSA) is 43.1 Å². The molecule has 0 radical (unpaired) electrons. The molecule has 0 aliphatic rings. The van der Waals surface area contributed by atoms with E-state index in [2.05, 4.69) is 17.8 Å². The molecule has 2 nitrogen and oxygen atoms in total. The van der Waals surface area contributed by atoms with Crippen molar-refractivity contribution in [3.8, 4) is 24.2 Å². The molecule has 0 aromatic rings. The first kappa shape index (κ1) is 9.75. The van der Waals surface area contributed by atoms with Gasteiger partial charge < -0.3 is 5.73 Å². The Labute approximate surface area is 67.2 Å². The molecule has 0 aromatic heterocycles. The molecule has 1 unspecified atom stereocenters. The smallest absolute Gasteiger partial charge is 0.162 e. The first-order chi connectivity index (χ1) is 5.22. The quantitative estimate of drug-likeness (QED) is 0.587. The van der Waals surface area contributed by atoms with E-state index in [0.29, 0.717) is 6.42 Å². The molecule has 0 aliphatic carbocycles. The largest absolute Gasteiger partial charge is 0.321 e. The van der Waals surface area contributed by atoms with Gasteiger partial charge in [-0.1, -0.05) is 5.92 Å². The molecule has 11 heavy (non-hydrogen) atoms. The van der Waals surface area contributed by atoms with Crippen LogP contribution >= 0.6 is 0 Å². The highest BCUT2D eigenvalue weighted by Crippen LogP contribution is 1.91. The fourth-order valence-electron chi connectivity index (χ4n) is 0.547. The molecule has 0 saturated heterocycles. The zero-order valence-electron chi connectivity index (χ0n) is 6.55. The highest BCUT2D eigenvalue weighted by atomic mass is 16.1. The molecule has 0 fully saturated rings. The van der Waals surface area contributed by atoms with Crippen LogP contribution in [0.1, 0.15) is 19.8 Å². The fraction of sp³-hybridized carbons (Fsp3) is 0.444. The minimum Gasteiger partial charge on any atom is -0.321 e. The molecule has 0 rings (SSSR count). The fourth-order valence-corrected chi connectivity index (χ4v) is 0.547. The monoisotopic (exact) mass is 149 g/mol. The Morgan fingerprint density at radius 1 is 1.73 bits per heavy atom. The lowest BCUT2D eigenvalue weighted by Gasteiger charge is -2.01. The van der Waals surface area contributed by atoms with Crippen molar-refractivity contribution in [3.05, 3.63) is 0 Å². The first-order valence-corrected chi connectivity index (χ1v) is 3.33. The zero-order chi connectivity index (χ0) is 8.69. The number of ketones is 1. The summed E-state index contributed by atoms with van der Waals surface area (Å²) in [5.74, 6) is 7.50. The van der Waals surface area contributed by atoms with Gasteiger partial charge >= 0.3 is 0 Å². The van der Waals surface area contributed by atoms with E-state index in [1.807, 2.05) is 0 Å². The SMILES string of the molecule is C#CCC(N)C(=O)CC#CC. The Balaban J connectivity index is 3.81. The van der Waals surface area contributed by atoms with Crippen molar-refractivity contribution in [3.63, 3.8) is 0 Å². The van der Waals surface area contributed by atoms with Crippen molar-refractivity contribution in [1.82, 2.24) is 0 Å². The first-order valence-electron chi connectivity index (χ1n) is 3.33. The van der Waals surface area contributed by atoms with Crippen LogP contribution in [-0.4, -0.2) is 11.8 Å². The Bertz CT molecular complexity index is 226. The van der Waals surface area contributed by atoms with E-state index < -0.39 is 6.04 Å². The number of hydrogen-bond donors (Lipinski definition) is 1. The van der Waals surface area contributed by atoms with Gasteiger partial charge in [-0.3, -0.25) is 4.79 Å². The van der Waals surface area contributed by atoms with Gasteiger partial charge in [0.25, 0.3) is 0 Å². The Hall–Kier alpha value is -1.25. The summed E-state index contributed by atoms with van der Waals surface area (Å²) in [5, 5.41) is 0. The molecule has 0 aromatic carbocycles. The summed E-state index contributed by atoms with van der Waals surface area (Å²) in [4.78, 5) is 11.0. The van der Waals surface area contributed by atoms with Gasteiger partial charge in [-0.05, 0) is 6.92 Å². The van der Waals surface area contributed by atoms with Crippen LogP contribution in [0, 0.1) is 24.2 Å². The van der Waals surface area contributed by atoms with E-state index in [9.17, 15) is 4.79 Å². The number of nitrogens with two attached hydrogens (primary N) is 1. The van der Waals surface area contributed by atoms with Crippen LogP contribution in [0.5, 0.6) is 0 Å². The lowest BCUT2D eigenvalue weighted by Crippen LogP contribution is -2.29. The van der Waals surface area contributed by atoms with E-state index in [0.717, 1.165) is 0 Å². The second-order valence-electron chi connectivity index (χ2n) is 2.08. The maximum atomic E-state index is 11.0. The third kappa shape index (κ3) is 4.19. The summed E-state index contributed by atoms with van der Waals surface area (Å²) in [6.07, 6.45) is 5.48. The summed E-state index contributed by atoms with van der Waals surface area (Å²) >= 11 is 0. The number of hydrogen-bond acceptors (Lipinski definition) is 2. The Morgan fingerprint density at radius 2 is 2.36 bits per heavy atom. The number of carbonyl (C=O) groups excluding carboxylic acids is 1. The highest BCUT2D eigenvalue weighted by molar-refractivity contribution is 5.86. The van der Waals surface area contributed by atoms with Gasteiger partial charge in [-0.2, -0.15) is 0 Å². The van der Waals surface area contributed by atoms with Crippen LogP contribution in [0.4, 0.5) is 0 Å². The van der Waals surface area contributed by atoms with Gasteiger partial charge in [-0.15, -0.1) is 18.3 Å². The number of carbonyl (C=O) groups is 1. The van der Waals surface area contributed by atoms with Crippen LogP contribution in [0.25, 0.3) is 0 Å². The minimum absolute atomic E-state index is 0.0858. The third-order valence-corrected chi connectivity index (χ3v) is 1.19. The maximum absolute atomic E-state index is 11.0. The molecular formula is C9H11NO. The van der Waals surface area contributed by atoms with Crippen molar-refractivity contribution < 1.29 is 4.79 Å². The van der Waals surface area contributed by atoms with Gasteiger partial charge in [0, 0.05) is 6.42 Å².